The van der Waals surface area contributed by atoms with E-state index >= 15 is 0 Å². The van der Waals surface area contributed by atoms with E-state index in [1.54, 1.807) is 17.0 Å². The number of phenolic OH excluding ortho intramolecular Hbond substituents is 1. The lowest BCUT2D eigenvalue weighted by molar-refractivity contribution is 0.0963. The van der Waals surface area contributed by atoms with Gasteiger partial charge in [0.05, 0.1) is 6.54 Å². The topological polar surface area (TPSA) is 113 Å². The van der Waals surface area contributed by atoms with Crippen LogP contribution >= 0.6 is 0 Å². The SMILES string of the molecule is CC(C)(C)c1cc(C(=O)CN2CC(CN=[N+]=[N-])C(c3ccccc3)C2=N)cc(C(C)(C)C)c1O. The van der Waals surface area contributed by atoms with Crippen molar-refractivity contribution in [1.29, 1.82) is 5.41 Å². The Hall–Kier alpha value is -3.31. The standard InChI is InChI=1S/C27H35N5O2/c1-26(2,3)20-12-18(13-21(24(20)34)27(4,5)6)22(33)16-32-15-19(14-30-31-29)23(25(32)28)17-10-8-7-9-11-17/h7-13,19,23,28,34H,14-16H2,1-6H3. The number of likely N-dealkylation sites (tertiary alicyclic amines) is 1. The summed E-state index contributed by atoms with van der Waals surface area (Å²) in [4.78, 5) is 18.2. The minimum absolute atomic E-state index is 0.0624. The lowest BCUT2D eigenvalue weighted by Crippen LogP contribution is -2.32. The number of phenols is 1. The number of rotatable bonds is 6. The Labute approximate surface area is 201 Å². The van der Waals surface area contributed by atoms with Gasteiger partial charge in [-0.2, -0.15) is 0 Å². The molecule has 0 saturated carbocycles. The number of ketones is 1. The third-order valence-electron chi connectivity index (χ3n) is 6.48. The average Bonchev–Trinajstić information content (AvgIpc) is 3.06. The molecule has 1 aliphatic heterocycles. The van der Waals surface area contributed by atoms with Crippen LogP contribution in [0.3, 0.4) is 0 Å². The van der Waals surface area contributed by atoms with Crippen molar-refractivity contribution in [1.82, 2.24) is 4.90 Å². The summed E-state index contributed by atoms with van der Waals surface area (Å²) in [6.45, 7) is 12.9. The van der Waals surface area contributed by atoms with Crippen LogP contribution in [-0.2, 0) is 10.8 Å². The smallest absolute Gasteiger partial charge is 0.182 e. The fourth-order valence-corrected chi connectivity index (χ4v) is 4.65. The molecule has 34 heavy (non-hydrogen) atoms. The van der Waals surface area contributed by atoms with Crippen molar-refractivity contribution >= 4 is 11.6 Å². The molecule has 2 aromatic rings. The molecule has 0 aromatic heterocycles. The molecule has 3 rings (SSSR count). The van der Waals surface area contributed by atoms with E-state index in [2.05, 4.69) is 10.0 Å². The second-order valence-electron chi connectivity index (χ2n) is 11.2. The first kappa shape index (κ1) is 25.3. The first-order valence-corrected chi connectivity index (χ1v) is 11.6. The number of benzene rings is 2. The van der Waals surface area contributed by atoms with E-state index < -0.39 is 0 Å². The third kappa shape index (κ3) is 5.26. The highest BCUT2D eigenvalue weighted by molar-refractivity contribution is 6.01. The molecular weight excluding hydrogens is 426 g/mol. The van der Waals surface area contributed by atoms with Crippen molar-refractivity contribution in [3.8, 4) is 5.75 Å². The zero-order chi connectivity index (χ0) is 25.3. The summed E-state index contributed by atoms with van der Waals surface area (Å²) in [6, 6.07) is 13.3. The van der Waals surface area contributed by atoms with Crippen molar-refractivity contribution < 1.29 is 9.90 Å². The molecule has 0 spiro atoms. The summed E-state index contributed by atoms with van der Waals surface area (Å²) in [5.41, 5.74) is 11.2. The summed E-state index contributed by atoms with van der Waals surface area (Å²) >= 11 is 0. The minimum atomic E-state index is -0.334. The van der Waals surface area contributed by atoms with E-state index in [1.807, 2.05) is 71.9 Å². The number of aromatic hydroxyl groups is 1. The van der Waals surface area contributed by atoms with E-state index in [0.717, 1.165) is 16.7 Å². The predicted molar refractivity (Wildman–Crippen MR) is 136 cm³/mol. The van der Waals surface area contributed by atoms with Gasteiger partial charge in [-0.3, -0.25) is 10.2 Å². The molecule has 1 saturated heterocycles. The van der Waals surface area contributed by atoms with Crippen LogP contribution in [-0.4, -0.2) is 41.3 Å². The summed E-state index contributed by atoms with van der Waals surface area (Å²) in [5, 5.41) is 23.6. The number of nitrogens with zero attached hydrogens (tertiary/aromatic N) is 4. The second kappa shape index (κ2) is 9.51. The van der Waals surface area contributed by atoms with Gasteiger partial charge in [-0.25, -0.2) is 0 Å². The number of Topliss-reactive ketones (excluding diaryl/α,β-unsaturated/α-hetero) is 1. The highest BCUT2D eigenvalue weighted by atomic mass is 16.3. The maximum absolute atomic E-state index is 13.5. The Kier molecular flexibility index (Phi) is 7.08. The molecule has 0 bridgehead atoms. The summed E-state index contributed by atoms with van der Waals surface area (Å²) in [5.74, 6) is 0.202. The molecule has 0 radical (unpaired) electrons. The fourth-order valence-electron chi connectivity index (χ4n) is 4.65. The van der Waals surface area contributed by atoms with Crippen molar-refractivity contribution in [2.24, 2.45) is 11.0 Å². The summed E-state index contributed by atoms with van der Waals surface area (Å²) in [6.07, 6.45) is 0. The van der Waals surface area contributed by atoms with Gasteiger partial charge in [-0.05, 0) is 40.0 Å². The summed E-state index contributed by atoms with van der Waals surface area (Å²) in [7, 11) is 0. The van der Waals surface area contributed by atoms with Gasteiger partial charge in [0.25, 0.3) is 0 Å². The van der Waals surface area contributed by atoms with Crippen LogP contribution in [0.4, 0.5) is 0 Å². The maximum atomic E-state index is 13.5. The van der Waals surface area contributed by atoms with Crippen LogP contribution in [0.15, 0.2) is 47.6 Å². The largest absolute Gasteiger partial charge is 0.507 e. The van der Waals surface area contributed by atoms with Gasteiger partial charge in [-0.15, -0.1) is 0 Å². The van der Waals surface area contributed by atoms with Crippen molar-refractivity contribution in [2.45, 2.75) is 58.3 Å². The van der Waals surface area contributed by atoms with Crippen LogP contribution in [0, 0.1) is 11.3 Å². The fraction of sp³-hybridized carbons (Fsp3) is 0.481. The molecule has 7 heteroatoms. The Morgan fingerprint density at radius 3 is 2.18 bits per heavy atom. The molecule has 1 heterocycles. The first-order valence-electron chi connectivity index (χ1n) is 11.6. The Bertz CT molecular complexity index is 1090. The van der Waals surface area contributed by atoms with E-state index in [4.69, 9.17) is 10.9 Å². The van der Waals surface area contributed by atoms with Crippen LogP contribution in [0.5, 0.6) is 5.75 Å². The minimum Gasteiger partial charge on any atom is -0.507 e. The molecular formula is C27H35N5O2. The molecule has 180 valence electrons. The van der Waals surface area contributed by atoms with Gasteiger partial charge in [-0.1, -0.05) is 77.0 Å². The molecule has 1 aliphatic rings. The van der Waals surface area contributed by atoms with Gasteiger partial charge in [0.1, 0.15) is 11.6 Å². The molecule has 0 aliphatic carbocycles. The second-order valence-corrected chi connectivity index (χ2v) is 11.2. The maximum Gasteiger partial charge on any atom is 0.182 e. The summed E-state index contributed by atoms with van der Waals surface area (Å²) < 4.78 is 0. The average molecular weight is 462 g/mol. The molecule has 0 amide bonds. The number of azide groups is 1. The van der Waals surface area contributed by atoms with E-state index in [-0.39, 0.29) is 47.3 Å². The molecule has 2 N–H and O–H groups in total. The number of carbonyl (C=O) groups excluding carboxylic acids is 1. The van der Waals surface area contributed by atoms with Crippen LogP contribution in [0.2, 0.25) is 0 Å². The predicted octanol–water partition coefficient (Wildman–Crippen LogP) is 6.17. The molecule has 1 fully saturated rings. The number of carbonyl (C=O) groups is 1. The van der Waals surface area contributed by atoms with Crippen molar-refractivity contribution in [3.05, 3.63) is 75.2 Å². The number of nitrogens with one attached hydrogen (secondary N) is 1. The first-order chi connectivity index (χ1) is 15.8. The van der Waals surface area contributed by atoms with Crippen LogP contribution in [0.25, 0.3) is 10.4 Å². The van der Waals surface area contributed by atoms with E-state index in [1.165, 1.54) is 0 Å². The Balaban J connectivity index is 1.94. The highest BCUT2D eigenvalue weighted by Crippen LogP contribution is 2.40. The zero-order valence-corrected chi connectivity index (χ0v) is 21.0. The number of hydrogen-bond donors (Lipinski definition) is 2. The van der Waals surface area contributed by atoms with Crippen molar-refractivity contribution in [3.63, 3.8) is 0 Å². The van der Waals surface area contributed by atoms with E-state index in [0.29, 0.717) is 17.9 Å². The van der Waals surface area contributed by atoms with Gasteiger partial charge >= 0.3 is 0 Å². The lowest BCUT2D eigenvalue weighted by Gasteiger charge is -2.28. The van der Waals surface area contributed by atoms with Gasteiger partial charge < -0.3 is 10.0 Å². The zero-order valence-electron chi connectivity index (χ0n) is 21.0. The van der Waals surface area contributed by atoms with Crippen LogP contribution in [0.1, 0.15) is 74.5 Å². The van der Waals surface area contributed by atoms with Gasteiger partial charge in [0.2, 0.25) is 0 Å². The molecule has 2 atom stereocenters. The molecule has 2 aromatic carbocycles. The quantitative estimate of drug-likeness (QED) is 0.232. The number of amidine groups is 1. The normalized spacial score (nSPS) is 18.6. The molecule has 7 nitrogen and oxygen atoms in total. The van der Waals surface area contributed by atoms with Crippen LogP contribution < -0.4 is 0 Å². The number of hydrogen-bond acceptors (Lipinski definition) is 4. The van der Waals surface area contributed by atoms with Gasteiger partial charge in [0.15, 0.2) is 5.78 Å². The third-order valence-corrected chi connectivity index (χ3v) is 6.48. The monoisotopic (exact) mass is 461 g/mol. The molecule has 2 unspecified atom stereocenters. The van der Waals surface area contributed by atoms with Gasteiger partial charge in [0, 0.05) is 40.6 Å². The lowest BCUT2D eigenvalue weighted by atomic mass is 9.78. The van der Waals surface area contributed by atoms with Crippen molar-refractivity contribution in [2.75, 3.05) is 19.6 Å². The Morgan fingerprint density at radius 2 is 1.68 bits per heavy atom. The highest BCUT2D eigenvalue weighted by Gasteiger charge is 2.39. The Morgan fingerprint density at radius 1 is 1.12 bits per heavy atom. The van der Waals surface area contributed by atoms with E-state index in [9.17, 15) is 9.90 Å².